The number of benzene rings is 2. The molecule has 206 valence electrons. The molecule has 1 saturated heterocycles. The van der Waals surface area contributed by atoms with E-state index in [1.165, 1.54) is 13.3 Å². The van der Waals surface area contributed by atoms with Gasteiger partial charge in [-0.3, -0.25) is 0 Å². The quantitative estimate of drug-likeness (QED) is 0.154. The highest BCUT2D eigenvalue weighted by molar-refractivity contribution is 14.1. The van der Waals surface area contributed by atoms with Gasteiger partial charge in [0.05, 0.1) is 11.5 Å². The Morgan fingerprint density at radius 1 is 1.00 bits per heavy atom. The normalized spacial score (nSPS) is 25.9. The van der Waals surface area contributed by atoms with Gasteiger partial charge in [0.25, 0.3) is 0 Å². The lowest BCUT2D eigenvalue weighted by Crippen LogP contribution is -2.60. The minimum Gasteiger partial charge on any atom is -0.390 e. The monoisotopic (exact) mass is 741 g/mol. The van der Waals surface area contributed by atoms with Crippen molar-refractivity contribution in [1.82, 2.24) is 14.5 Å². The summed E-state index contributed by atoms with van der Waals surface area (Å²) in [4.78, 5) is 8.39. The summed E-state index contributed by atoms with van der Waals surface area (Å²) in [5.74, 6) is 0. The van der Waals surface area contributed by atoms with Crippen LogP contribution in [0.25, 0.3) is 11.0 Å². The highest BCUT2D eigenvalue weighted by Crippen LogP contribution is 2.50. The smallest absolute Gasteiger partial charge is 0.167 e. The van der Waals surface area contributed by atoms with Gasteiger partial charge in [-0.05, 0) is 64.9 Å². The second-order valence-corrected chi connectivity index (χ2v) is 12.9. The first kappa shape index (κ1) is 29.6. The number of halogens is 6. The minimum atomic E-state index is -2.04. The Morgan fingerprint density at radius 3 is 2.23 bits per heavy atom. The van der Waals surface area contributed by atoms with Gasteiger partial charge >= 0.3 is 0 Å². The van der Waals surface area contributed by atoms with E-state index in [-0.39, 0.29) is 18.0 Å². The van der Waals surface area contributed by atoms with Crippen LogP contribution in [0.3, 0.4) is 0 Å². The van der Waals surface area contributed by atoms with E-state index in [2.05, 4.69) is 32.6 Å². The van der Waals surface area contributed by atoms with Crippen LogP contribution in [0.1, 0.15) is 24.3 Å². The van der Waals surface area contributed by atoms with Crippen LogP contribution in [0, 0.1) is 3.57 Å². The Labute approximate surface area is 262 Å². The SMILES string of the molecule is C[C@]1(O)[C@H](n2cc(I)c3c(Cl)ncnc32)O[C@H](C(O)Cc2ccc(Cl)cc2Cl)[C@]1(O)Cc1ccc(Cl)cc1Cl. The molecule has 0 saturated carbocycles. The van der Waals surface area contributed by atoms with E-state index in [0.717, 1.165) is 0 Å². The van der Waals surface area contributed by atoms with E-state index in [0.29, 0.717) is 45.8 Å². The zero-order valence-corrected chi connectivity index (χ0v) is 26.1. The molecule has 39 heavy (non-hydrogen) atoms. The first-order valence-electron chi connectivity index (χ1n) is 11.7. The Bertz CT molecular complexity index is 1570. The number of nitrogens with zero attached hydrogens (tertiary/aromatic N) is 3. The van der Waals surface area contributed by atoms with E-state index in [9.17, 15) is 15.3 Å². The average molecular weight is 744 g/mol. The second-order valence-electron chi connectivity index (χ2n) is 9.65. The number of fused-ring (bicyclic) bond motifs is 1. The average Bonchev–Trinajstić information content (AvgIpc) is 3.29. The van der Waals surface area contributed by atoms with Crippen molar-refractivity contribution in [3.05, 3.63) is 88.9 Å². The number of ether oxygens (including phenoxy) is 1. The molecule has 2 aromatic heterocycles. The number of aliphatic hydroxyl groups is 3. The molecule has 1 aliphatic rings. The van der Waals surface area contributed by atoms with Gasteiger partial charge in [-0.1, -0.05) is 70.1 Å². The predicted octanol–water partition coefficient (Wildman–Crippen LogP) is 6.53. The number of rotatable bonds is 6. The third-order valence-electron chi connectivity index (χ3n) is 7.14. The maximum Gasteiger partial charge on any atom is 0.167 e. The van der Waals surface area contributed by atoms with Crippen molar-refractivity contribution < 1.29 is 20.1 Å². The molecule has 13 heteroatoms. The highest BCUT2D eigenvalue weighted by Gasteiger charge is 2.65. The van der Waals surface area contributed by atoms with Crippen LogP contribution in [-0.4, -0.2) is 53.3 Å². The molecule has 3 heterocycles. The predicted molar refractivity (Wildman–Crippen MR) is 161 cm³/mol. The lowest BCUT2D eigenvalue weighted by molar-refractivity contribution is -0.151. The highest BCUT2D eigenvalue weighted by atomic mass is 127. The van der Waals surface area contributed by atoms with E-state index in [4.69, 9.17) is 62.7 Å². The molecule has 3 N–H and O–H groups in total. The zero-order valence-electron chi connectivity index (χ0n) is 20.1. The number of hydrogen-bond acceptors (Lipinski definition) is 6. The maximum absolute atomic E-state index is 12.3. The Hall–Kier alpha value is -0.920. The van der Waals surface area contributed by atoms with Crippen LogP contribution in [0.5, 0.6) is 0 Å². The van der Waals surface area contributed by atoms with Crippen molar-refractivity contribution in [2.75, 3.05) is 0 Å². The van der Waals surface area contributed by atoms with Gasteiger partial charge in [0.2, 0.25) is 0 Å². The maximum atomic E-state index is 12.3. The molecule has 1 unspecified atom stereocenters. The third kappa shape index (κ3) is 5.27. The molecule has 0 aliphatic carbocycles. The standard InChI is InChI=1S/C26H21Cl5IN3O4/c1-25(37)24(35-10-18(32)20-22(31)33-11-34-23(20)35)39-21(19(36)6-12-2-4-14(27)7-16(12)29)26(25,38)9-13-3-5-15(28)8-17(13)30/h2-5,7-8,10-11,19,21,24,36-38H,6,9H2,1H3/t19?,21-,24-,25+,26-/m1/s1. The number of aromatic nitrogens is 3. The van der Waals surface area contributed by atoms with Gasteiger partial charge in [0.1, 0.15) is 34.4 Å². The van der Waals surface area contributed by atoms with Gasteiger partial charge in [-0.15, -0.1) is 0 Å². The summed E-state index contributed by atoms with van der Waals surface area (Å²) in [6.45, 7) is 1.45. The van der Waals surface area contributed by atoms with Gasteiger partial charge in [-0.25, -0.2) is 9.97 Å². The van der Waals surface area contributed by atoms with Crippen molar-refractivity contribution in [3.8, 4) is 0 Å². The van der Waals surface area contributed by atoms with Gasteiger partial charge in [-0.2, -0.15) is 0 Å². The molecule has 0 amide bonds. The largest absolute Gasteiger partial charge is 0.390 e. The molecule has 7 nitrogen and oxygen atoms in total. The van der Waals surface area contributed by atoms with Gasteiger partial charge in [0.15, 0.2) is 6.23 Å². The third-order valence-corrected chi connectivity index (χ3v) is 9.42. The summed E-state index contributed by atoms with van der Waals surface area (Å²) < 4.78 is 8.64. The first-order valence-corrected chi connectivity index (χ1v) is 14.6. The second kappa shape index (κ2) is 11.1. The van der Waals surface area contributed by atoms with Crippen molar-refractivity contribution >= 4 is 91.6 Å². The lowest BCUT2D eigenvalue weighted by Gasteiger charge is -2.40. The Balaban J connectivity index is 1.61. The van der Waals surface area contributed by atoms with Gasteiger partial charge < -0.3 is 24.6 Å². The molecular formula is C26H21Cl5IN3O4. The molecule has 2 aromatic carbocycles. The van der Waals surface area contributed by atoms with Crippen molar-refractivity contribution in [2.24, 2.45) is 0 Å². The minimum absolute atomic E-state index is 0.0120. The molecule has 0 spiro atoms. The van der Waals surface area contributed by atoms with Crippen LogP contribution in [0.15, 0.2) is 48.9 Å². The molecule has 1 aliphatic heterocycles. The molecule has 5 atom stereocenters. The molecule has 0 bridgehead atoms. The van der Waals surface area contributed by atoms with E-state index in [1.54, 1.807) is 47.2 Å². The van der Waals surface area contributed by atoms with Crippen LogP contribution < -0.4 is 0 Å². The van der Waals surface area contributed by atoms with Crippen LogP contribution in [0.4, 0.5) is 0 Å². The zero-order chi connectivity index (χ0) is 28.3. The topological polar surface area (TPSA) is 101 Å². The first-order chi connectivity index (χ1) is 18.3. The Kier molecular flexibility index (Phi) is 8.38. The van der Waals surface area contributed by atoms with E-state index in [1.807, 2.05) is 0 Å². The fraction of sp³-hybridized carbons (Fsp3) is 0.308. The molecule has 4 aromatic rings. The van der Waals surface area contributed by atoms with Crippen molar-refractivity contribution in [3.63, 3.8) is 0 Å². The van der Waals surface area contributed by atoms with Crippen LogP contribution >= 0.6 is 80.6 Å². The number of hydrogen-bond donors (Lipinski definition) is 3. The van der Waals surface area contributed by atoms with Crippen molar-refractivity contribution in [2.45, 2.75) is 49.4 Å². The van der Waals surface area contributed by atoms with Crippen LogP contribution in [-0.2, 0) is 17.6 Å². The Morgan fingerprint density at radius 2 is 1.62 bits per heavy atom. The summed E-state index contributed by atoms with van der Waals surface area (Å²) >= 11 is 33.4. The van der Waals surface area contributed by atoms with Crippen molar-refractivity contribution in [1.29, 1.82) is 0 Å². The molecule has 1 fully saturated rings. The number of aliphatic hydroxyl groups excluding tert-OH is 1. The summed E-state index contributed by atoms with van der Waals surface area (Å²) in [6, 6.07) is 9.75. The molecular weight excluding hydrogens is 722 g/mol. The fourth-order valence-corrected chi connectivity index (χ4v) is 7.22. The summed E-state index contributed by atoms with van der Waals surface area (Å²) in [7, 11) is 0. The lowest BCUT2D eigenvalue weighted by atomic mass is 9.74. The fourth-order valence-electron chi connectivity index (χ4n) is 5.07. The summed E-state index contributed by atoms with van der Waals surface area (Å²) in [5, 5.41) is 38.1. The summed E-state index contributed by atoms with van der Waals surface area (Å²) in [5.41, 5.74) is -2.50. The molecule has 5 rings (SSSR count). The molecule has 0 radical (unpaired) electrons. The van der Waals surface area contributed by atoms with E-state index < -0.39 is 29.6 Å². The van der Waals surface area contributed by atoms with Crippen LogP contribution in [0.2, 0.25) is 25.2 Å². The van der Waals surface area contributed by atoms with Gasteiger partial charge in [0, 0.05) is 42.7 Å². The summed E-state index contributed by atoms with van der Waals surface area (Å²) in [6.07, 6.45) is -0.905. The van der Waals surface area contributed by atoms with E-state index >= 15 is 0 Å².